The molecule has 128 valence electrons. The van der Waals surface area contributed by atoms with E-state index in [1.165, 1.54) is 6.08 Å². The van der Waals surface area contributed by atoms with E-state index in [9.17, 15) is 14.4 Å². The lowest BCUT2D eigenvalue weighted by Crippen LogP contribution is -2.42. The molecule has 1 aromatic carbocycles. The van der Waals surface area contributed by atoms with Gasteiger partial charge in [0.2, 0.25) is 17.7 Å². The number of carbonyl (C=O) groups excluding carboxylic acids is 3. The van der Waals surface area contributed by atoms with E-state index >= 15 is 0 Å². The Morgan fingerprint density at radius 1 is 1.42 bits per heavy atom. The van der Waals surface area contributed by atoms with Crippen LogP contribution in [-0.4, -0.2) is 41.8 Å². The molecule has 0 bridgehead atoms. The first kappa shape index (κ1) is 17.7. The van der Waals surface area contributed by atoms with Crippen LogP contribution in [0.2, 0.25) is 0 Å². The quantitative estimate of drug-likeness (QED) is 0.744. The summed E-state index contributed by atoms with van der Waals surface area (Å²) in [6.45, 7) is 6.61. The number of hydrogen-bond donors (Lipinski definition) is 2. The van der Waals surface area contributed by atoms with Gasteiger partial charge in [0, 0.05) is 31.2 Å². The van der Waals surface area contributed by atoms with Crippen molar-refractivity contribution < 1.29 is 14.4 Å². The fraction of sp³-hybridized carbons (Fsp3) is 0.389. The average Bonchev–Trinajstić information content (AvgIpc) is 2.92. The first-order chi connectivity index (χ1) is 11.5. The fourth-order valence-corrected chi connectivity index (χ4v) is 2.74. The molecule has 0 aliphatic carbocycles. The third kappa shape index (κ3) is 5.22. The zero-order valence-electron chi connectivity index (χ0n) is 13.9. The van der Waals surface area contributed by atoms with Gasteiger partial charge in [-0.05, 0) is 37.1 Å². The molecule has 6 nitrogen and oxygen atoms in total. The van der Waals surface area contributed by atoms with Gasteiger partial charge >= 0.3 is 0 Å². The van der Waals surface area contributed by atoms with Crippen LogP contribution in [0.1, 0.15) is 25.3 Å². The predicted molar refractivity (Wildman–Crippen MR) is 92.4 cm³/mol. The van der Waals surface area contributed by atoms with Crippen LogP contribution in [0.15, 0.2) is 36.9 Å². The Balaban J connectivity index is 1.85. The second-order valence-corrected chi connectivity index (χ2v) is 5.98. The monoisotopic (exact) mass is 329 g/mol. The van der Waals surface area contributed by atoms with Gasteiger partial charge in [-0.2, -0.15) is 0 Å². The lowest BCUT2D eigenvalue weighted by atomic mass is 10.1. The van der Waals surface area contributed by atoms with Gasteiger partial charge in [0.05, 0.1) is 6.42 Å². The molecule has 0 radical (unpaired) electrons. The lowest BCUT2D eigenvalue weighted by molar-refractivity contribution is -0.129. The summed E-state index contributed by atoms with van der Waals surface area (Å²) in [5.74, 6) is -0.247. The molecule has 0 aromatic heterocycles. The Morgan fingerprint density at radius 3 is 2.88 bits per heavy atom. The number of nitrogens with one attached hydrogen (secondary N) is 2. The average molecular weight is 329 g/mol. The van der Waals surface area contributed by atoms with Gasteiger partial charge in [0.15, 0.2) is 0 Å². The molecule has 0 saturated carbocycles. The molecule has 1 unspecified atom stereocenters. The Labute approximate surface area is 141 Å². The van der Waals surface area contributed by atoms with E-state index in [4.69, 9.17) is 0 Å². The number of rotatable bonds is 7. The van der Waals surface area contributed by atoms with Crippen molar-refractivity contribution in [2.24, 2.45) is 0 Å². The molecule has 1 heterocycles. The van der Waals surface area contributed by atoms with Crippen LogP contribution in [-0.2, 0) is 20.8 Å². The van der Waals surface area contributed by atoms with Gasteiger partial charge in [0.1, 0.15) is 0 Å². The molecule has 24 heavy (non-hydrogen) atoms. The largest absolute Gasteiger partial charge is 0.352 e. The van der Waals surface area contributed by atoms with E-state index < -0.39 is 0 Å². The van der Waals surface area contributed by atoms with Crippen molar-refractivity contribution in [1.82, 2.24) is 10.2 Å². The van der Waals surface area contributed by atoms with Gasteiger partial charge in [-0.3, -0.25) is 14.4 Å². The van der Waals surface area contributed by atoms with Gasteiger partial charge in [-0.15, -0.1) is 0 Å². The van der Waals surface area contributed by atoms with Crippen molar-refractivity contribution in [2.45, 2.75) is 32.2 Å². The Hall–Kier alpha value is -2.63. The molecule has 6 heteroatoms. The predicted octanol–water partition coefficient (Wildman–Crippen LogP) is 1.48. The van der Waals surface area contributed by atoms with Crippen LogP contribution < -0.4 is 10.6 Å². The number of benzene rings is 1. The molecule has 2 N–H and O–H groups in total. The summed E-state index contributed by atoms with van der Waals surface area (Å²) >= 11 is 0. The van der Waals surface area contributed by atoms with E-state index in [0.717, 1.165) is 18.5 Å². The number of hydrogen-bond acceptors (Lipinski definition) is 3. The SMILES string of the molecule is C=CC(=O)Nc1cccc(CC(=O)NC(C)CN2CCCC2=O)c1. The molecule has 1 aromatic rings. The molecule has 0 spiro atoms. The second-order valence-electron chi connectivity index (χ2n) is 5.98. The summed E-state index contributed by atoms with van der Waals surface area (Å²) in [6, 6.07) is 7.04. The van der Waals surface area contributed by atoms with Crippen molar-refractivity contribution in [3.05, 3.63) is 42.5 Å². The minimum Gasteiger partial charge on any atom is -0.352 e. The molecule has 1 aliphatic rings. The van der Waals surface area contributed by atoms with Crippen molar-refractivity contribution in [1.29, 1.82) is 0 Å². The van der Waals surface area contributed by atoms with Gasteiger partial charge in [-0.25, -0.2) is 0 Å². The number of likely N-dealkylation sites (tertiary alicyclic amines) is 1. The maximum Gasteiger partial charge on any atom is 0.247 e. The number of carbonyl (C=O) groups is 3. The smallest absolute Gasteiger partial charge is 0.247 e. The Morgan fingerprint density at radius 2 is 2.21 bits per heavy atom. The van der Waals surface area contributed by atoms with E-state index in [1.54, 1.807) is 23.1 Å². The number of amides is 3. The second kappa shape index (κ2) is 8.29. The highest BCUT2D eigenvalue weighted by atomic mass is 16.2. The fourth-order valence-electron chi connectivity index (χ4n) is 2.74. The van der Waals surface area contributed by atoms with Crippen LogP contribution in [0.5, 0.6) is 0 Å². The maximum atomic E-state index is 12.1. The van der Waals surface area contributed by atoms with E-state index in [1.807, 2.05) is 13.0 Å². The molecule has 1 saturated heterocycles. The molecular formula is C18H23N3O3. The van der Waals surface area contributed by atoms with Crippen molar-refractivity contribution in [3.63, 3.8) is 0 Å². The highest BCUT2D eigenvalue weighted by Gasteiger charge is 2.22. The summed E-state index contributed by atoms with van der Waals surface area (Å²) in [5.41, 5.74) is 1.43. The minimum atomic E-state index is -0.291. The Bertz CT molecular complexity index is 642. The summed E-state index contributed by atoms with van der Waals surface area (Å²) < 4.78 is 0. The first-order valence-corrected chi connectivity index (χ1v) is 8.07. The summed E-state index contributed by atoms with van der Waals surface area (Å²) in [5, 5.41) is 5.58. The molecule has 1 aliphatic heterocycles. The van der Waals surface area contributed by atoms with Crippen LogP contribution in [0.4, 0.5) is 5.69 Å². The molecular weight excluding hydrogens is 306 g/mol. The van der Waals surface area contributed by atoms with Gasteiger partial charge in [-0.1, -0.05) is 18.7 Å². The normalized spacial score (nSPS) is 15.0. The lowest BCUT2D eigenvalue weighted by Gasteiger charge is -2.21. The Kier molecular flexibility index (Phi) is 6.12. The maximum absolute atomic E-state index is 12.1. The highest BCUT2D eigenvalue weighted by Crippen LogP contribution is 2.12. The third-order valence-corrected chi connectivity index (χ3v) is 3.82. The molecule has 3 amide bonds. The summed E-state index contributed by atoms with van der Waals surface area (Å²) in [4.78, 5) is 36.9. The molecule has 1 atom stereocenters. The zero-order chi connectivity index (χ0) is 17.5. The minimum absolute atomic E-state index is 0.0943. The van der Waals surface area contributed by atoms with Crippen LogP contribution in [0.3, 0.4) is 0 Å². The van der Waals surface area contributed by atoms with E-state index in [2.05, 4.69) is 17.2 Å². The van der Waals surface area contributed by atoms with Crippen molar-refractivity contribution in [3.8, 4) is 0 Å². The first-order valence-electron chi connectivity index (χ1n) is 8.07. The third-order valence-electron chi connectivity index (χ3n) is 3.82. The van der Waals surface area contributed by atoms with E-state index in [-0.39, 0.29) is 30.2 Å². The molecule has 1 fully saturated rings. The molecule has 2 rings (SSSR count). The summed E-state index contributed by atoms with van der Waals surface area (Å²) in [7, 11) is 0. The topological polar surface area (TPSA) is 78.5 Å². The van der Waals surface area contributed by atoms with E-state index in [0.29, 0.717) is 18.7 Å². The number of anilines is 1. The highest BCUT2D eigenvalue weighted by molar-refractivity contribution is 5.98. The van der Waals surface area contributed by atoms with Gasteiger partial charge < -0.3 is 15.5 Å². The van der Waals surface area contributed by atoms with Crippen molar-refractivity contribution in [2.75, 3.05) is 18.4 Å². The van der Waals surface area contributed by atoms with Crippen LogP contribution >= 0.6 is 0 Å². The standard InChI is InChI=1S/C18H23N3O3/c1-3-16(22)20-15-7-4-6-14(10-15)11-17(23)19-13(2)12-21-9-5-8-18(21)24/h3-4,6-7,10,13H,1,5,8-9,11-12H2,2H3,(H,19,23)(H,20,22). The van der Waals surface area contributed by atoms with Gasteiger partial charge in [0.25, 0.3) is 0 Å². The van der Waals surface area contributed by atoms with Crippen molar-refractivity contribution >= 4 is 23.4 Å². The zero-order valence-corrected chi connectivity index (χ0v) is 13.9. The van der Waals surface area contributed by atoms with Crippen LogP contribution in [0.25, 0.3) is 0 Å². The van der Waals surface area contributed by atoms with Crippen LogP contribution in [0, 0.1) is 0 Å². The number of nitrogens with zero attached hydrogens (tertiary/aromatic N) is 1. The summed E-state index contributed by atoms with van der Waals surface area (Å²) in [6.07, 6.45) is 2.91.